The Balaban J connectivity index is 1.89. The number of aromatic hydroxyl groups is 3. The number of hydrogen-bond donors (Lipinski definition) is 5. The minimum absolute atomic E-state index is 0.00413. The number of fused-ring (bicyclic) bond motifs is 1. The number of imidazole rings is 1. The first-order valence-electron chi connectivity index (χ1n) is 6.15. The van der Waals surface area contributed by atoms with E-state index in [0.717, 1.165) is 12.1 Å². The Morgan fingerprint density at radius 2 is 1.82 bits per heavy atom. The van der Waals surface area contributed by atoms with Gasteiger partial charge in [-0.05, 0) is 41.9 Å². The Morgan fingerprint density at radius 3 is 2.50 bits per heavy atom. The van der Waals surface area contributed by atoms with E-state index < -0.39 is 23.2 Å². The van der Waals surface area contributed by atoms with E-state index >= 15 is 0 Å². The van der Waals surface area contributed by atoms with Gasteiger partial charge in [-0.25, -0.2) is 4.98 Å². The van der Waals surface area contributed by atoms with Crippen LogP contribution in [0, 0.1) is 0 Å². The fourth-order valence-electron chi connectivity index (χ4n) is 1.99. The minimum atomic E-state index is -0.676. The molecule has 0 radical (unpaired) electrons. The Hall–Kier alpha value is -2.93. The molecule has 112 valence electrons. The van der Waals surface area contributed by atoms with Gasteiger partial charge in [0.05, 0.1) is 11.0 Å². The molecule has 0 aliphatic heterocycles. The van der Waals surface area contributed by atoms with E-state index in [9.17, 15) is 20.1 Å². The van der Waals surface area contributed by atoms with E-state index in [4.69, 9.17) is 11.6 Å². The summed E-state index contributed by atoms with van der Waals surface area (Å²) in [6, 6.07) is 7.06. The second-order valence-electron chi connectivity index (χ2n) is 4.58. The lowest BCUT2D eigenvalue weighted by Crippen LogP contribution is -2.11. The summed E-state index contributed by atoms with van der Waals surface area (Å²) in [5.41, 5.74) is 1.78. The molecule has 7 nitrogen and oxygen atoms in total. The van der Waals surface area contributed by atoms with Crippen LogP contribution >= 0.6 is 11.6 Å². The third-order valence-electron chi connectivity index (χ3n) is 3.04. The summed E-state index contributed by atoms with van der Waals surface area (Å²) in [4.78, 5) is 19.0. The maximum atomic E-state index is 12.1. The van der Waals surface area contributed by atoms with E-state index in [-0.39, 0.29) is 10.8 Å². The molecule has 3 rings (SSSR count). The van der Waals surface area contributed by atoms with Crippen LogP contribution in [-0.2, 0) is 0 Å². The van der Waals surface area contributed by atoms with Gasteiger partial charge in [0.25, 0.3) is 5.91 Å². The lowest BCUT2D eigenvalue weighted by atomic mass is 10.1. The first-order valence-corrected chi connectivity index (χ1v) is 6.53. The van der Waals surface area contributed by atoms with Crippen molar-refractivity contribution in [1.29, 1.82) is 0 Å². The molecule has 1 amide bonds. The molecule has 1 heterocycles. The Morgan fingerprint density at radius 1 is 1.14 bits per heavy atom. The van der Waals surface area contributed by atoms with Gasteiger partial charge in [0.15, 0.2) is 17.2 Å². The first kappa shape index (κ1) is 14.0. The average Bonchev–Trinajstić information content (AvgIpc) is 2.83. The highest BCUT2D eigenvalue weighted by atomic mass is 35.5. The molecule has 5 N–H and O–H groups in total. The van der Waals surface area contributed by atoms with Crippen LogP contribution in [0.5, 0.6) is 17.2 Å². The zero-order chi connectivity index (χ0) is 15.9. The fraction of sp³-hybridized carbons (Fsp3) is 0. The second kappa shape index (κ2) is 5.12. The monoisotopic (exact) mass is 319 g/mol. The third kappa shape index (κ3) is 2.49. The zero-order valence-corrected chi connectivity index (χ0v) is 11.7. The van der Waals surface area contributed by atoms with Crippen LogP contribution in [0.1, 0.15) is 10.4 Å². The number of nitrogens with one attached hydrogen (secondary N) is 2. The van der Waals surface area contributed by atoms with Gasteiger partial charge in [0, 0.05) is 11.3 Å². The number of H-pyrrole nitrogens is 1. The number of anilines is 1. The average molecular weight is 320 g/mol. The normalized spacial score (nSPS) is 10.8. The maximum Gasteiger partial charge on any atom is 0.255 e. The van der Waals surface area contributed by atoms with Crippen LogP contribution in [0.25, 0.3) is 11.0 Å². The minimum Gasteiger partial charge on any atom is -0.504 e. The van der Waals surface area contributed by atoms with Gasteiger partial charge in [0.2, 0.25) is 5.28 Å². The maximum absolute atomic E-state index is 12.1. The van der Waals surface area contributed by atoms with Gasteiger partial charge in [-0.2, -0.15) is 0 Å². The number of halogens is 1. The number of carbonyl (C=O) groups is 1. The van der Waals surface area contributed by atoms with E-state index in [1.54, 1.807) is 18.2 Å². The van der Waals surface area contributed by atoms with Crippen LogP contribution in [0.2, 0.25) is 5.28 Å². The number of benzene rings is 2. The Kier molecular flexibility index (Phi) is 3.26. The van der Waals surface area contributed by atoms with Gasteiger partial charge < -0.3 is 25.6 Å². The highest BCUT2D eigenvalue weighted by Crippen LogP contribution is 2.35. The van der Waals surface area contributed by atoms with Crippen LogP contribution in [0.15, 0.2) is 30.3 Å². The Labute approximate surface area is 128 Å². The number of phenolic OH excluding ortho intramolecular Hbond substituents is 3. The highest BCUT2D eigenvalue weighted by molar-refractivity contribution is 6.29. The van der Waals surface area contributed by atoms with Crippen LogP contribution in [0.3, 0.4) is 0 Å². The number of hydrogen-bond acceptors (Lipinski definition) is 5. The second-order valence-corrected chi connectivity index (χ2v) is 4.93. The molecule has 22 heavy (non-hydrogen) atoms. The lowest BCUT2D eigenvalue weighted by molar-refractivity contribution is 0.102. The van der Waals surface area contributed by atoms with E-state index in [1.807, 2.05) is 0 Å². The molecule has 0 fully saturated rings. The van der Waals surface area contributed by atoms with Crippen molar-refractivity contribution in [1.82, 2.24) is 9.97 Å². The molecule has 3 aromatic rings. The first-order chi connectivity index (χ1) is 10.4. The summed E-state index contributed by atoms with van der Waals surface area (Å²) < 4.78 is 0. The zero-order valence-electron chi connectivity index (χ0n) is 11.0. The molecule has 0 bridgehead atoms. The van der Waals surface area contributed by atoms with Crippen molar-refractivity contribution >= 4 is 34.2 Å². The smallest absolute Gasteiger partial charge is 0.255 e. The molecule has 0 aliphatic rings. The molecule has 0 unspecified atom stereocenters. The van der Waals surface area contributed by atoms with Crippen LogP contribution in [-0.4, -0.2) is 31.2 Å². The molecule has 1 aromatic heterocycles. The number of aromatic amines is 1. The summed E-state index contributed by atoms with van der Waals surface area (Å²) in [5, 5.41) is 31.0. The molecule has 0 saturated heterocycles. The van der Waals surface area contributed by atoms with Gasteiger partial charge in [-0.1, -0.05) is 0 Å². The number of phenols is 3. The number of nitrogens with zero attached hydrogens (tertiary/aromatic N) is 1. The molecular formula is C14H10ClN3O4. The van der Waals surface area contributed by atoms with Gasteiger partial charge >= 0.3 is 0 Å². The number of aromatic nitrogens is 2. The largest absolute Gasteiger partial charge is 0.504 e. The highest BCUT2D eigenvalue weighted by Gasteiger charge is 2.14. The van der Waals surface area contributed by atoms with E-state index in [2.05, 4.69) is 15.3 Å². The van der Waals surface area contributed by atoms with Gasteiger partial charge in [-0.3, -0.25) is 4.79 Å². The molecule has 0 aliphatic carbocycles. The predicted molar refractivity (Wildman–Crippen MR) is 80.5 cm³/mol. The summed E-state index contributed by atoms with van der Waals surface area (Å²) in [7, 11) is 0. The summed E-state index contributed by atoms with van der Waals surface area (Å²) in [6.45, 7) is 0. The van der Waals surface area contributed by atoms with Crippen molar-refractivity contribution < 1.29 is 20.1 Å². The summed E-state index contributed by atoms with van der Waals surface area (Å²) in [5.74, 6) is -2.40. The molecule has 0 atom stereocenters. The van der Waals surface area contributed by atoms with Crippen molar-refractivity contribution in [3.63, 3.8) is 0 Å². The van der Waals surface area contributed by atoms with Gasteiger partial charge in [0.1, 0.15) is 0 Å². The summed E-state index contributed by atoms with van der Waals surface area (Å²) >= 11 is 5.75. The van der Waals surface area contributed by atoms with E-state index in [0.29, 0.717) is 16.7 Å². The molecule has 0 spiro atoms. The number of amides is 1. The van der Waals surface area contributed by atoms with Crippen molar-refractivity contribution in [2.45, 2.75) is 0 Å². The number of rotatable bonds is 2. The number of carbonyl (C=O) groups excluding carboxylic acids is 1. The standard InChI is InChI=1S/C14H10ClN3O4/c15-14-17-8-2-1-7(5-9(8)18-14)16-13(22)6-3-10(19)12(21)11(20)4-6/h1-5,19-21H,(H,16,22)(H,17,18). The molecule has 0 saturated carbocycles. The fourth-order valence-corrected chi connectivity index (χ4v) is 2.19. The van der Waals surface area contributed by atoms with Crippen molar-refractivity contribution in [3.8, 4) is 17.2 Å². The van der Waals surface area contributed by atoms with Crippen LogP contribution < -0.4 is 5.32 Å². The van der Waals surface area contributed by atoms with Gasteiger partial charge in [-0.15, -0.1) is 0 Å². The Bertz CT molecular complexity index is 868. The van der Waals surface area contributed by atoms with Crippen molar-refractivity contribution in [2.24, 2.45) is 0 Å². The van der Waals surface area contributed by atoms with Crippen molar-refractivity contribution in [2.75, 3.05) is 5.32 Å². The predicted octanol–water partition coefficient (Wildman–Crippen LogP) is 2.59. The SMILES string of the molecule is O=C(Nc1ccc2nc(Cl)[nH]c2c1)c1cc(O)c(O)c(O)c1. The molecule has 8 heteroatoms. The molecule has 2 aromatic carbocycles. The quantitative estimate of drug-likeness (QED) is 0.465. The topological polar surface area (TPSA) is 118 Å². The summed E-state index contributed by atoms with van der Waals surface area (Å²) in [6.07, 6.45) is 0. The third-order valence-corrected chi connectivity index (χ3v) is 3.22. The van der Waals surface area contributed by atoms with Crippen LogP contribution in [0.4, 0.5) is 5.69 Å². The van der Waals surface area contributed by atoms with Crippen molar-refractivity contribution in [3.05, 3.63) is 41.2 Å². The molecular weight excluding hydrogens is 310 g/mol. The lowest BCUT2D eigenvalue weighted by Gasteiger charge is -2.07. The van der Waals surface area contributed by atoms with E-state index in [1.165, 1.54) is 0 Å².